The number of benzene rings is 2. The SMILES string of the molecule is CCCCc1nn(C(C)C)c(C(=O)O)c1Cc1ccc(-c2ccccc2C(=O)O)cc1. The number of carboxylic acids is 2. The van der Waals surface area contributed by atoms with Crippen LogP contribution in [-0.2, 0) is 12.8 Å². The lowest BCUT2D eigenvalue weighted by atomic mass is 9.96. The molecule has 0 amide bonds. The number of aromatic carboxylic acids is 2. The Labute approximate surface area is 182 Å². The maximum absolute atomic E-state index is 12.0. The van der Waals surface area contributed by atoms with Gasteiger partial charge >= 0.3 is 11.9 Å². The van der Waals surface area contributed by atoms with Gasteiger partial charge in [-0.25, -0.2) is 9.59 Å². The minimum Gasteiger partial charge on any atom is -0.478 e. The zero-order valence-corrected chi connectivity index (χ0v) is 18.1. The molecule has 1 heterocycles. The van der Waals surface area contributed by atoms with E-state index in [4.69, 9.17) is 0 Å². The van der Waals surface area contributed by atoms with Crippen LogP contribution in [0.1, 0.15) is 77.3 Å². The van der Waals surface area contributed by atoms with E-state index in [0.717, 1.165) is 41.6 Å². The summed E-state index contributed by atoms with van der Waals surface area (Å²) in [6.45, 7) is 5.97. The molecule has 0 spiro atoms. The van der Waals surface area contributed by atoms with E-state index in [1.807, 2.05) is 44.2 Å². The monoisotopic (exact) mass is 420 g/mol. The Morgan fingerprint density at radius 2 is 1.68 bits per heavy atom. The Hall–Kier alpha value is -3.41. The number of aryl methyl sites for hydroxylation is 1. The third-order valence-corrected chi connectivity index (χ3v) is 5.35. The molecule has 0 fully saturated rings. The maximum atomic E-state index is 12.0. The van der Waals surface area contributed by atoms with Crippen LogP contribution in [0.3, 0.4) is 0 Å². The predicted molar refractivity (Wildman–Crippen MR) is 120 cm³/mol. The summed E-state index contributed by atoms with van der Waals surface area (Å²) in [7, 11) is 0. The van der Waals surface area contributed by atoms with E-state index < -0.39 is 11.9 Å². The van der Waals surface area contributed by atoms with Gasteiger partial charge in [-0.15, -0.1) is 0 Å². The molecule has 31 heavy (non-hydrogen) atoms. The van der Waals surface area contributed by atoms with E-state index in [0.29, 0.717) is 12.0 Å². The largest absolute Gasteiger partial charge is 0.478 e. The highest BCUT2D eigenvalue weighted by atomic mass is 16.4. The highest BCUT2D eigenvalue weighted by Crippen LogP contribution is 2.27. The first-order valence-electron chi connectivity index (χ1n) is 10.6. The minimum absolute atomic E-state index is 0.0462. The Morgan fingerprint density at radius 3 is 2.26 bits per heavy atom. The number of hydrogen-bond donors (Lipinski definition) is 2. The van der Waals surface area contributed by atoms with Crippen LogP contribution in [-0.4, -0.2) is 31.9 Å². The van der Waals surface area contributed by atoms with E-state index >= 15 is 0 Å². The summed E-state index contributed by atoms with van der Waals surface area (Å²) >= 11 is 0. The first kappa shape index (κ1) is 22.3. The summed E-state index contributed by atoms with van der Waals surface area (Å²) in [6.07, 6.45) is 3.17. The molecule has 3 rings (SSSR count). The second kappa shape index (κ2) is 9.60. The molecule has 0 aliphatic rings. The van der Waals surface area contributed by atoms with Crippen molar-refractivity contribution in [1.29, 1.82) is 0 Å². The fraction of sp³-hybridized carbons (Fsp3) is 0.320. The molecule has 0 aliphatic heterocycles. The van der Waals surface area contributed by atoms with Gasteiger partial charge in [0.15, 0.2) is 0 Å². The summed E-state index contributed by atoms with van der Waals surface area (Å²) in [5.74, 6) is -1.93. The Morgan fingerprint density at radius 1 is 1.00 bits per heavy atom. The van der Waals surface area contributed by atoms with Crippen LogP contribution in [0, 0.1) is 0 Å². The summed E-state index contributed by atoms with van der Waals surface area (Å²) < 4.78 is 1.61. The highest BCUT2D eigenvalue weighted by Gasteiger charge is 2.24. The van der Waals surface area contributed by atoms with Gasteiger partial charge in [0.2, 0.25) is 0 Å². The van der Waals surface area contributed by atoms with Crippen molar-refractivity contribution >= 4 is 11.9 Å². The normalized spacial score (nSPS) is 11.1. The van der Waals surface area contributed by atoms with Crippen molar-refractivity contribution in [3.8, 4) is 11.1 Å². The van der Waals surface area contributed by atoms with Crippen molar-refractivity contribution in [2.45, 2.75) is 52.5 Å². The number of carboxylic acid groups (broad SMARTS) is 2. The summed E-state index contributed by atoms with van der Waals surface area (Å²) in [4.78, 5) is 23.6. The second-order valence-electron chi connectivity index (χ2n) is 7.95. The lowest BCUT2D eigenvalue weighted by Crippen LogP contribution is -2.13. The van der Waals surface area contributed by atoms with Crippen LogP contribution < -0.4 is 0 Å². The highest BCUT2D eigenvalue weighted by molar-refractivity contribution is 5.96. The van der Waals surface area contributed by atoms with Crippen molar-refractivity contribution in [3.05, 3.63) is 76.6 Å². The summed E-state index contributed by atoms with van der Waals surface area (Å²) in [5, 5.41) is 23.9. The number of nitrogens with zero attached hydrogens (tertiary/aromatic N) is 2. The van der Waals surface area contributed by atoms with Crippen LogP contribution in [0.25, 0.3) is 11.1 Å². The molecule has 3 aromatic rings. The number of hydrogen-bond acceptors (Lipinski definition) is 3. The molecule has 2 N–H and O–H groups in total. The van der Waals surface area contributed by atoms with Crippen molar-refractivity contribution in [3.63, 3.8) is 0 Å². The summed E-state index contributed by atoms with van der Waals surface area (Å²) in [5.41, 5.74) is 4.53. The van der Waals surface area contributed by atoms with E-state index in [9.17, 15) is 19.8 Å². The number of carbonyl (C=O) groups is 2. The first-order valence-corrected chi connectivity index (χ1v) is 10.6. The van der Waals surface area contributed by atoms with E-state index in [1.165, 1.54) is 0 Å². The van der Waals surface area contributed by atoms with Gasteiger partial charge in [-0.05, 0) is 49.4 Å². The average molecular weight is 421 g/mol. The second-order valence-corrected chi connectivity index (χ2v) is 7.95. The molecular formula is C25H28N2O4. The van der Waals surface area contributed by atoms with E-state index in [2.05, 4.69) is 12.0 Å². The number of aromatic nitrogens is 2. The van der Waals surface area contributed by atoms with E-state index in [-0.39, 0.29) is 17.3 Å². The van der Waals surface area contributed by atoms with Gasteiger partial charge in [-0.3, -0.25) is 4.68 Å². The lowest BCUT2D eigenvalue weighted by Gasteiger charge is -2.10. The number of rotatable bonds is 9. The van der Waals surface area contributed by atoms with Gasteiger partial charge in [0.25, 0.3) is 0 Å². The van der Waals surface area contributed by atoms with Gasteiger partial charge in [0, 0.05) is 18.0 Å². The van der Waals surface area contributed by atoms with Crippen LogP contribution in [0.5, 0.6) is 0 Å². The van der Waals surface area contributed by atoms with Gasteiger partial charge in [-0.2, -0.15) is 5.10 Å². The fourth-order valence-electron chi connectivity index (χ4n) is 3.77. The topological polar surface area (TPSA) is 92.4 Å². The maximum Gasteiger partial charge on any atom is 0.354 e. The third kappa shape index (κ3) is 4.85. The molecule has 0 atom stereocenters. The zero-order valence-electron chi connectivity index (χ0n) is 18.1. The standard InChI is InChI=1S/C25H28N2O4/c1-4-5-10-22-21(23(25(30)31)27(26-22)16(2)3)15-17-11-13-18(14-12-17)19-8-6-7-9-20(19)24(28)29/h6-9,11-14,16H,4-5,10,15H2,1-3H3,(H,28,29)(H,30,31). The van der Waals surface area contributed by atoms with Crippen LogP contribution >= 0.6 is 0 Å². The molecule has 0 unspecified atom stereocenters. The average Bonchev–Trinajstić information content (AvgIpc) is 3.11. The smallest absolute Gasteiger partial charge is 0.354 e. The van der Waals surface area contributed by atoms with Crippen molar-refractivity contribution in [2.24, 2.45) is 0 Å². The van der Waals surface area contributed by atoms with Crippen molar-refractivity contribution in [2.75, 3.05) is 0 Å². The molecule has 2 aromatic carbocycles. The minimum atomic E-state index is -0.967. The van der Waals surface area contributed by atoms with Crippen molar-refractivity contribution < 1.29 is 19.8 Å². The third-order valence-electron chi connectivity index (χ3n) is 5.35. The zero-order chi connectivity index (χ0) is 22.5. The molecule has 6 heteroatoms. The molecule has 0 radical (unpaired) electrons. The van der Waals surface area contributed by atoms with Gasteiger partial charge in [-0.1, -0.05) is 55.8 Å². The predicted octanol–water partition coefficient (Wildman–Crippen LogP) is 5.46. The van der Waals surface area contributed by atoms with Crippen LogP contribution in [0.15, 0.2) is 48.5 Å². The van der Waals surface area contributed by atoms with Gasteiger partial charge in [0.05, 0.1) is 11.3 Å². The Balaban J connectivity index is 1.97. The first-order chi connectivity index (χ1) is 14.8. The Bertz CT molecular complexity index is 1080. The molecule has 162 valence electrons. The van der Waals surface area contributed by atoms with E-state index in [1.54, 1.807) is 22.9 Å². The van der Waals surface area contributed by atoms with Crippen LogP contribution in [0.2, 0.25) is 0 Å². The molecule has 0 saturated carbocycles. The van der Waals surface area contributed by atoms with Crippen LogP contribution in [0.4, 0.5) is 0 Å². The summed E-state index contributed by atoms with van der Waals surface area (Å²) in [6, 6.07) is 14.5. The van der Waals surface area contributed by atoms with Gasteiger partial charge in [0.1, 0.15) is 5.69 Å². The molecular weight excluding hydrogens is 392 g/mol. The molecule has 0 aliphatic carbocycles. The molecule has 1 aromatic heterocycles. The quantitative estimate of drug-likeness (QED) is 0.479. The number of unbranched alkanes of at least 4 members (excludes halogenated alkanes) is 1. The van der Waals surface area contributed by atoms with Crippen molar-refractivity contribution in [1.82, 2.24) is 9.78 Å². The molecule has 0 saturated heterocycles. The Kier molecular flexibility index (Phi) is 6.90. The fourth-order valence-corrected chi connectivity index (χ4v) is 3.77. The molecule has 0 bridgehead atoms. The van der Waals surface area contributed by atoms with Gasteiger partial charge < -0.3 is 10.2 Å². The lowest BCUT2D eigenvalue weighted by molar-refractivity contribution is 0.0675. The molecule has 6 nitrogen and oxygen atoms in total.